The molecule has 2 rings (SSSR count). The van der Waals surface area contributed by atoms with E-state index >= 15 is 0 Å². The van der Waals surface area contributed by atoms with Gasteiger partial charge in [0.15, 0.2) is 5.75 Å². The molecule has 0 heterocycles. The average Bonchev–Trinajstić information content (AvgIpc) is 2.78. The molecule has 0 spiro atoms. The standard InChI is InChI=1S/C24H31NO6/c1-5-7-8-9-20(24(27)30-6-2)23(26)25-21-15-14-19(29-4)16-22(21)31-18-12-10-17(28-3)11-13-18/h10-16,20H,5-9H2,1-4H3,(H,25,26). The van der Waals surface area contributed by atoms with Gasteiger partial charge in [-0.2, -0.15) is 0 Å². The van der Waals surface area contributed by atoms with Gasteiger partial charge in [0.05, 0.1) is 26.5 Å². The summed E-state index contributed by atoms with van der Waals surface area (Å²) >= 11 is 0. The molecule has 0 aromatic heterocycles. The summed E-state index contributed by atoms with van der Waals surface area (Å²) in [5.74, 6) is 0.440. The van der Waals surface area contributed by atoms with Crippen molar-refractivity contribution in [2.75, 3.05) is 26.1 Å². The molecule has 1 unspecified atom stereocenters. The number of hydrogen-bond acceptors (Lipinski definition) is 6. The molecule has 1 atom stereocenters. The summed E-state index contributed by atoms with van der Waals surface area (Å²) in [6.45, 7) is 4.02. The summed E-state index contributed by atoms with van der Waals surface area (Å²) in [5.41, 5.74) is 0.436. The quantitative estimate of drug-likeness (QED) is 0.284. The largest absolute Gasteiger partial charge is 0.497 e. The van der Waals surface area contributed by atoms with Crippen molar-refractivity contribution in [3.8, 4) is 23.0 Å². The fourth-order valence-electron chi connectivity index (χ4n) is 3.01. The lowest BCUT2D eigenvalue weighted by Gasteiger charge is -2.18. The van der Waals surface area contributed by atoms with Gasteiger partial charge in [0.1, 0.15) is 23.2 Å². The van der Waals surface area contributed by atoms with Gasteiger partial charge in [-0.25, -0.2) is 0 Å². The lowest BCUT2D eigenvalue weighted by Crippen LogP contribution is -2.31. The zero-order valence-corrected chi connectivity index (χ0v) is 18.6. The zero-order chi connectivity index (χ0) is 22.6. The van der Waals surface area contributed by atoms with Gasteiger partial charge in [-0.05, 0) is 49.7 Å². The number of hydrogen-bond donors (Lipinski definition) is 1. The Balaban J connectivity index is 2.24. The Bertz CT molecular complexity index is 850. The van der Waals surface area contributed by atoms with Crippen LogP contribution >= 0.6 is 0 Å². The van der Waals surface area contributed by atoms with Gasteiger partial charge < -0.3 is 24.3 Å². The predicted molar refractivity (Wildman–Crippen MR) is 119 cm³/mol. The highest BCUT2D eigenvalue weighted by atomic mass is 16.5. The van der Waals surface area contributed by atoms with E-state index in [2.05, 4.69) is 12.2 Å². The predicted octanol–water partition coefficient (Wildman–Crippen LogP) is 5.19. The van der Waals surface area contributed by atoms with Crippen LogP contribution in [0.4, 0.5) is 5.69 Å². The second-order valence-corrected chi connectivity index (χ2v) is 6.93. The maximum absolute atomic E-state index is 13.0. The Hall–Kier alpha value is -3.22. The number of esters is 1. The minimum atomic E-state index is -0.873. The van der Waals surface area contributed by atoms with Crippen molar-refractivity contribution < 1.29 is 28.5 Å². The summed E-state index contributed by atoms with van der Waals surface area (Å²) in [6.07, 6.45) is 3.14. The molecule has 1 amide bonds. The number of unbranched alkanes of at least 4 members (excludes halogenated alkanes) is 2. The van der Waals surface area contributed by atoms with Gasteiger partial charge in [-0.1, -0.05) is 26.2 Å². The molecule has 2 aromatic carbocycles. The second-order valence-electron chi connectivity index (χ2n) is 6.93. The lowest BCUT2D eigenvalue weighted by atomic mass is 10.00. The van der Waals surface area contributed by atoms with Crippen molar-refractivity contribution >= 4 is 17.6 Å². The minimum Gasteiger partial charge on any atom is -0.497 e. The van der Waals surface area contributed by atoms with Crippen molar-refractivity contribution in [1.82, 2.24) is 0 Å². The van der Waals surface area contributed by atoms with Crippen molar-refractivity contribution in [2.45, 2.75) is 39.5 Å². The van der Waals surface area contributed by atoms with Crippen molar-refractivity contribution in [3.63, 3.8) is 0 Å². The highest BCUT2D eigenvalue weighted by molar-refractivity contribution is 6.05. The summed E-state index contributed by atoms with van der Waals surface area (Å²) in [4.78, 5) is 25.3. The van der Waals surface area contributed by atoms with E-state index in [1.54, 1.807) is 63.6 Å². The topological polar surface area (TPSA) is 83.1 Å². The molecule has 0 saturated heterocycles. The number of rotatable bonds is 12. The highest BCUT2D eigenvalue weighted by Crippen LogP contribution is 2.34. The smallest absolute Gasteiger partial charge is 0.318 e. The molecule has 7 nitrogen and oxygen atoms in total. The number of benzene rings is 2. The Morgan fingerprint density at radius 2 is 1.55 bits per heavy atom. The van der Waals surface area contributed by atoms with E-state index in [4.69, 9.17) is 18.9 Å². The first-order chi connectivity index (χ1) is 15.0. The van der Waals surface area contributed by atoms with Crippen LogP contribution in [0.25, 0.3) is 0 Å². The molecule has 0 bridgehead atoms. The number of carbonyl (C=O) groups is 2. The molecule has 0 aliphatic heterocycles. The first-order valence-corrected chi connectivity index (χ1v) is 10.5. The third-order valence-corrected chi connectivity index (χ3v) is 4.72. The first-order valence-electron chi connectivity index (χ1n) is 10.5. The third kappa shape index (κ3) is 7.20. The van der Waals surface area contributed by atoms with E-state index in [0.29, 0.717) is 35.1 Å². The number of methoxy groups -OCH3 is 2. The van der Waals surface area contributed by atoms with Gasteiger partial charge in [0.25, 0.3) is 0 Å². The summed E-state index contributed by atoms with van der Waals surface area (Å²) in [6, 6.07) is 12.1. The zero-order valence-electron chi connectivity index (χ0n) is 18.6. The molecule has 0 aliphatic rings. The van der Waals surface area contributed by atoms with Crippen LogP contribution in [0.3, 0.4) is 0 Å². The highest BCUT2D eigenvalue weighted by Gasteiger charge is 2.28. The van der Waals surface area contributed by atoms with Crippen LogP contribution < -0.4 is 19.5 Å². The van der Waals surface area contributed by atoms with Crippen LogP contribution in [0.1, 0.15) is 39.5 Å². The maximum atomic E-state index is 13.0. The molecule has 0 saturated carbocycles. The van der Waals surface area contributed by atoms with Gasteiger partial charge in [-0.15, -0.1) is 0 Å². The molecule has 168 valence electrons. The van der Waals surface area contributed by atoms with Crippen LogP contribution in [0.15, 0.2) is 42.5 Å². The van der Waals surface area contributed by atoms with E-state index in [-0.39, 0.29) is 6.61 Å². The van der Waals surface area contributed by atoms with E-state index in [0.717, 1.165) is 19.3 Å². The van der Waals surface area contributed by atoms with E-state index in [9.17, 15) is 9.59 Å². The van der Waals surface area contributed by atoms with Gasteiger partial charge in [-0.3, -0.25) is 9.59 Å². The maximum Gasteiger partial charge on any atom is 0.318 e. The molecule has 2 aromatic rings. The molecule has 1 N–H and O–H groups in total. The minimum absolute atomic E-state index is 0.227. The van der Waals surface area contributed by atoms with Crippen molar-refractivity contribution in [1.29, 1.82) is 0 Å². The number of ether oxygens (including phenoxy) is 4. The fraction of sp³-hybridized carbons (Fsp3) is 0.417. The Morgan fingerprint density at radius 1 is 0.903 bits per heavy atom. The number of anilines is 1. The Kier molecular flexibility index (Phi) is 9.68. The van der Waals surface area contributed by atoms with Crippen LogP contribution in [0, 0.1) is 5.92 Å². The number of carbonyl (C=O) groups excluding carboxylic acids is 2. The van der Waals surface area contributed by atoms with E-state index in [1.807, 2.05) is 0 Å². The van der Waals surface area contributed by atoms with E-state index in [1.165, 1.54) is 0 Å². The molecule has 7 heteroatoms. The van der Waals surface area contributed by atoms with Crippen LogP contribution in [0.2, 0.25) is 0 Å². The summed E-state index contributed by atoms with van der Waals surface area (Å²) < 4.78 is 21.5. The van der Waals surface area contributed by atoms with Crippen molar-refractivity contribution in [2.24, 2.45) is 5.92 Å². The molecular formula is C24H31NO6. The second kappa shape index (κ2) is 12.5. The third-order valence-electron chi connectivity index (χ3n) is 4.72. The van der Waals surface area contributed by atoms with Crippen molar-refractivity contribution in [3.05, 3.63) is 42.5 Å². The molecule has 0 fully saturated rings. The Morgan fingerprint density at radius 3 is 2.16 bits per heavy atom. The number of amides is 1. The van der Waals surface area contributed by atoms with E-state index < -0.39 is 17.8 Å². The molecule has 31 heavy (non-hydrogen) atoms. The summed E-state index contributed by atoms with van der Waals surface area (Å²) in [7, 11) is 3.14. The van der Waals surface area contributed by atoms with Gasteiger partial charge in [0.2, 0.25) is 5.91 Å². The lowest BCUT2D eigenvalue weighted by molar-refractivity contribution is -0.151. The van der Waals surface area contributed by atoms with Crippen LogP contribution in [-0.2, 0) is 14.3 Å². The van der Waals surface area contributed by atoms with Crippen LogP contribution in [0.5, 0.6) is 23.0 Å². The normalized spacial score (nSPS) is 11.4. The molecule has 0 aliphatic carbocycles. The SMILES string of the molecule is CCCCCC(C(=O)Nc1ccc(OC)cc1Oc1ccc(OC)cc1)C(=O)OCC. The Labute approximate surface area is 183 Å². The van der Waals surface area contributed by atoms with Gasteiger partial charge >= 0.3 is 5.97 Å². The average molecular weight is 430 g/mol. The van der Waals surface area contributed by atoms with Gasteiger partial charge in [0, 0.05) is 6.07 Å². The summed E-state index contributed by atoms with van der Waals surface area (Å²) in [5, 5.41) is 2.83. The molecule has 0 radical (unpaired) electrons. The molecular weight excluding hydrogens is 398 g/mol. The van der Waals surface area contributed by atoms with Crippen LogP contribution in [-0.4, -0.2) is 32.7 Å². The number of nitrogens with one attached hydrogen (secondary N) is 1. The monoisotopic (exact) mass is 429 g/mol. The fourth-order valence-corrected chi connectivity index (χ4v) is 3.01. The first kappa shape index (κ1) is 24.1.